The van der Waals surface area contributed by atoms with Crippen LogP contribution in [0.5, 0.6) is 0 Å². The van der Waals surface area contributed by atoms with E-state index in [1.54, 1.807) is 18.5 Å². The molecule has 104 valence electrons. The highest BCUT2D eigenvalue weighted by atomic mass is 32.1. The number of hydrogen-bond donors (Lipinski definition) is 1. The van der Waals surface area contributed by atoms with E-state index in [9.17, 15) is 4.79 Å². The largest absolute Gasteiger partial charge is 0.294 e. The molecule has 21 heavy (non-hydrogen) atoms. The quantitative estimate of drug-likeness (QED) is 0.804. The maximum absolute atomic E-state index is 11.9. The molecule has 2 aromatic heterocycles. The van der Waals surface area contributed by atoms with Gasteiger partial charge < -0.3 is 0 Å². The van der Waals surface area contributed by atoms with Gasteiger partial charge in [0, 0.05) is 23.3 Å². The number of anilines is 1. The molecule has 0 saturated heterocycles. The van der Waals surface area contributed by atoms with Crippen molar-refractivity contribution in [3.05, 3.63) is 59.9 Å². The molecule has 1 N–H and O–H groups in total. The molecule has 6 heteroatoms. The predicted octanol–water partition coefficient (Wildman–Crippen LogP) is 2.78. The average molecular weight is 296 g/mol. The lowest BCUT2D eigenvalue weighted by Gasteiger charge is -2.00. The molecule has 1 amide bonds. The number of nitrogens with one attached hydrogen (secondary N) is 1. The van der Waals surface area contributed by atoms with Crippen molar-refractivity contribution in [2.45, 2.75) is 6.42 Å². The zero-order valence-corrected chi connectivity index (χ0v) is 11.9. The molecule has 0 saturated carbocycles. The summed E-state index contributed by atoms with van der Waals surface area (Å²) in [5.41, 5.74) is 1.80. The lowest BCUT2D eigenvalue weighted by atomic mass is 10.2. The number of hydrogen-bond acceptors (Lipinski definition) is 5. The Labute approximate surface area is 125 Å². The van der Waals surface area contributed by atoms with Gasteiger partial charge in [-0.3, -0.25) is 10.1 Å². The Morgan fingerprint density at radius 3 is 2.62 bits per heavy atom. The standard InChI is InChI=1S/C15H12N4OS/c20-13(19-15-16-7-4-8-17-15)9-12-10-21-14(18-12)11-5-2-1-3-6-11/h1-8,10H,9H2,(H,16,17,19,20). The third-order valence-electron chi connectivity index (χ3n) is 2.73. The van der Waals surface area contributed by atoms with Crippen molar-refractivity contribution in [3.8, 4) is 10.6 Å². The molecular formula is C15H12N4OS. The SMILES string of the molecule is O=C(Cc1csc(-c2ccccc2)n1)Nc1ncccn1. The summed E-state index contributed by atoms with van der Waals surface area (Å²) in [5, 5.41) is 5.45. The predicted molar refractivity (Wildman–Crippen MR) is 81.9 cm³/mol. The third-order valence-corrected chi connectivity index (χ3v) is 3.67. The van der Waals surface area contributed by atoms with Crippen LogP contribution in [-0.2, 0) is 11.2 Å². The zero-order chi connectivity index (χ0) is 14.5. The Morgan fingerprint density at radius 2 is 1.86 bits per heavy atom. The number of carbonyl (C=O) groups excluding carboxylic acids is 1. The van der Waals surface area contributed by atoms with Crippen LogP contribution in [0.1, 0.15) is 5.69 Å². The molecule has 0 unspecified atom stereocenters. The van der Waals surface area contributed by atoms with Crippen molar-refractivity contribution in [2.75, 3.05) is 5.32 Å². The third kappa shape index (κ3) is 3.49. The normalized spacial score (nSPS) is 10.3. The first-order chi connectivity index (χ1) is 10.3. The topological polar surface area (TPSA) is 67.8 Å². The molecule has 0 radical (unpaired) electrons. The highest BCUT2D eigenvalue weighted by molar-refractivity contribution is 7.13. The van der Waals surface area contributed by atoms with Crippen molar-refractivity contribution in [2.24, 2.45) is 0 Å². The van der Waals surface area contributed by atoms with E-state index in [2.05, 4.69) is 20.3 Å². The second kappa shape index (κ2) is 6.23. The summed E-state index contributed by atoms with van der Waals surface area (Å²) in [4.78, 5) is 24.3. The minimum Gasteiger partial charge on any atom is -0.294 e. The minimum absolute atomic E-state index is 0.175. The molecule has 0 atom stereocenters. The monoisotopic (exact) mass is 296 g/mol. The van der Waals surface area contributed by atoms with Gasteiger partial charge >= 0.3 is 0 Å². The lowest BCUT2D eigenvalue weighted by Crippen LogP contribution is -2.16. The van der Waals surface area contributed by atoms with Crippen LogP contribution in [0.15, 0.2) is 54.2 Å². The fraction of sp³-hybridized carbons (Fsp3) is 0.0667. The number of benzene rings is 1. The summed E-state index contributed by atoms with van der Waals surface area (Å²) in [6, 6.07) is 11.6. The van der Waals surface area contributed by atoms with Crippen molar-refractivity contribution < 1.29 is 4.79 Å². The number of rotatable bonds is 4. The molecule has 3 aromatic rings. The summed E-state index contributed by atoms with van der Waals surface area (Å²) in [6.45, 7) is 0. The lowest BCUT2D eigenvalue weighted by molar-refractivity contribution is -0.115. The van der Waals surface area contributed by atoms with Crippen LogP contribution in [0.2, 0.25) is 0 Å². The van der Waals surface area contributed by atoms with E-state index >= 15 is 0 Å². The number of aromatic nitrogens is 3. The van der Waals surface area contributed by atoms with E-state index in [4.69, 9.17) is 0 Å². The van der Waals surface area contributed by atoms with E-state index in [1.165, 1.54) is 11.3 Å². The van der Waals surface area contributed by atoms with Crippen LogP contribution in [0, 0.1) is 0 Å². The van der Waals surface area contributed by atoms with Gasteiger partial charge in [0.1, 0.15) is 5.01 Å². The first-order valence-electron chi connectivity index (χ1n) is 6.38. The van der Waals surface area contributed by atoms with Crippen molar-refractivity contribution in [1.29, 1.82) is 0 Å². The number of thiazole rings is 1. The molecule has 0 fully saturated rings. The van der Waals surface area contributed by atoms with Gasteiger partial charge in [0.25, 0.3) is 0 Å². The molecule has 5 nitrogen and oxygen atoms in total. The fourth-order valence-electron chi connectivity index (χ4n) is 1.80. The van der Waals surface area contributed by atoms with Crippen LogP contribution in [0.4, 0.5) is 5.95 Å². The van der Waals surface area contributed by atoms with E-state index in [1.807, 2.05) is 35.7 Å². The highest BCUT2D eigenvalue weighted by Gasteiger charge is 2.09. The van der Waals surface area contributed by atoms with Gasteiger partial charge in [-0.15, -0.1) is 11.3 Å². The Hall–Kier alpha value is -2.60. The Kier molecular flexibility index (Phi) is 3.97. The van der Waals surface area contributed by atoms with Gasteiger partial charge in [0.15, 0.2) is 0 Å². The van der Waals surface area contributed by atoms with Crippen LogP contribution in [0.3, 0.4) is 0 Å². The molecule has 0 aliphatic carbocycles. The molecule has 0 spiro atoms. The second-order valence-corrected chi connectivity index (χ2v) is 5.17. The van der Waals surface area contributed by atoms with Gasteiger partial charge in [0.2, 0.25) is 11.9 Å². The first kappa shape index (κ1) is 13.4. The van der Waals surface area contributed by atoms with E-state index in [0.29, 0.717) is 5.95 Å². The van der Waals surface area contributed by atoms with Gasteiger partial charge in [-0.25, -0.2) is 15.0 Å². The first-order valence-corrected chi connectivity index (χ1v) is 7.26. The highest BCUT2D eigenvalue weighted by Crippen LogP contribution is 2.23. The summed E-state index contributed by atoms with van der Waals surface area (Å²) < 4.78 is 0. The summed E-state index contributed by atoms with van der Waals surface area (Å²) in [5.74, 6) is 0.132. The number of nitrogens with zero attached hydrogens (tertiary/aromatic N) is 3. The maximum atomic E-state index is 11.9. The zero-order valence-electron chi connectivity index (χ0n) is 11.1. The van der Waals surface area contributed by atoms with Crippen LogP contribution >= 0.6 is 11.3 Å². The van der Waals surface area contributed by atoms with E-state index in [-0.39, 0.29) is 12.3 Å². The molecule has 2 heterocycles. The smallest absolute Gasteiger partial charge is 0.232 e. The molecule has 1 aromatic carbocycles. The van der Waals surface area contributed by atoms with Gasteiger partial charge in [0.05, 0.1) is 12.1 Å². The average Bonchev–Trinajstić information content (AvgIpc) is 2.97. The van der Waals surface area contributed by atoms with Crippen molar-refractivity contribution >= 4 is 23.2 Å². The number of carbonyl (C=O) groups is 1. The summed E-state index contributed by atoms with van der Waals surface area (Å²) in [6.07, 6.45) is 3.37. The molecule has 0 aliphatic heterocycles. The van der Waals surface area contributed by atoms with Crippen LogP contribution in [0.25, 0.3) is 10.6 Å². The molecular weight excluding hydrogens is 284 g/mol. The van der Waals surface area contributed by atoms with Crippen LogP contribution < -0.4 is 5.32 Å². The van der Waals surface area contributed by atoms with Gasteiger partial charge in [-0.05, 0) is 6.07 Å². The number of amides is 1. The maximum Gasteiger partial charge on any atom is 0.232 e. The van der Waals surface area contributed by atoms with Crippen molar-refractivity contribution in [3.63, 3.8) is 0 Å². The van der Waals surface area contributed by atoms with E-state index < -0.39 is 0 Å². The Balaban J connectivity index is 1.66. The van der Waals surface area contributed by atoms with Gasteiger partial charge in [-0.1, -0.05) is 30.3 Å². The molecule has 3 rings (SSSR count). The van der Waals surface area contributed by atoms with E-state index in [0.717, 1.165) is 16.3 Å². The fourth-order valence-corrected chi connectivity index (χ4v) is 2.62. The summed E-state index contributed by atoms with van der Waals surface area (Å²) >= 11 is 1.53. The van der Waals surface area contributed by atoms with Gasteiger partial charge in [-0.2, -0.15) is 0 Å². The van der Waals surface area contributed by atoms with Crippen molar-refractivity contribution in [1.82, 2.24) is 15.0 Å². The second-order valence-electron chi connectivity index (χ2n) is 4.31. The van der Waals surface area contributed by atoms with Crippen LogP contribution in [-0.4, -0.2) is 20.9 Å². The minimum atomic E-state index is -0.175. The summed E-state index contributed by atoms with van der Waals surface area (Å²) in [7, 11) is 0. The molecule has 0 aliphatic rings. The Bertz CT molecular complexity index is 728. The molecule has 0 bridgehead atoms. The Morgan fingerprint density at radius 1 is 1.10 bits per heavy atom.